The third-order valence-electron chi connectivity index (χ3n) is 1.65. The highest BCUT2D eigenvalue weighted by molar-refractivity contribution is 6.29. The van der Waals surface area contributed by atoms with Crippen LogP contribution in [0.25, 0.3) is 0 Å². The number of hydrogen-bond acceptors (Lipinski definition) is 3. The highest BCUT2D eigenvalue weighted by atomic mass is 35.5. The number of pyridine rings is 1. The zero-order valence-electron chi connectivity index (χ0n) is 8.29. The maximum absolute atomic E-state index is 5.70. The van der Waals surface area contributed by atoms with Gasteiger partial charge in [0, 0.05) is 12.6 Å². The molecule has 1 rings (SSSR count). The number of nitrogens with zero attached hydrogens (tertiary/aromatic N) is 1. The summed E-state index contributed by atoms with van der Waals surface area (Å²) in [5.41, 5.74) is 0. The summed E-state index contributed by atoms with van der Waals surface area (Å²) in [5, 5.41) is 3.70. The fraction of sp³-hybridized carbons (Fsp3) is 0.500. The monoisotopic (exact) mass is 214 g/mol. The summed E-state index contributed by atoms with van der Waals surface area (Å²) in [4.78, 5) is 4.01. The van der Waals surface area contributed by atoms with Crippen molar-refractivity contribution in [1.82, 2.24) is 10.3 Å². The molecule has 0 saturated heterocycles. The van der Waals surface area contributed by atoms with Crippen molar-refractivity contribution in [1.29, 1.82) is 0 Å². The molecule has 78 valence electrons. The van der Waals surface area contributed by atoms with Gasteiger partial charge in [0.05, 0.1) is 0 Å². The summed E-state index contributed by atoms with van der Waals surface area (Å²) < 4.78 is 5.38. The summed E-state index contributed by atoms with van der Waals surface area (Å²) in [5.74, 6) is 0.579. The molecule has 0 bridgehead atoms. The molecular formula is C10H15ClN2O. The molecular weight excluding hydrogens is 200 g/mol. The first-order valence-corrected chi connectivity index (χ1v) is 5.17. The van der Waals surface area contributed by atoms with Crippen LogP contribution in [0.5, 0.6) is 5.88 Å². The van der Waals surface area contributed by atoms with E-state index in [1.807, 2.05) is 6.07 Å². The molecule has 0 aromatic carbocycles. The lowest BCUT2D eigenvalue weighted by Gasteiger charge is -2.05. The molecule has 0 radical (unpaired) electrons. The Morgan fingerprint density at radius 1 is 1.43 bits per heavy atom. The Bertz CT molecular complexity index is 268. The van der Waals surface area contributed by atoms with E-state index in [0.29, 0.717) is 17.6 Å². The van der Waals surface area contributed by atoms with Crippen LogP contribution in [-0.4, -0.2) is 24.7 Å². The average molecular weight is 215 g/mol. The van der Waals surface area contributed by atoms with Crippen LogP contribution in [0.3, 0.4) is 0 Å². The van der Waals surface area contributed by atoms with E-state index in [1.54, 1.807) is 12.1 Å². The standard InChI is InChI=1S/C10H15ClN2O/c1-2-6-12-7-8-14-10-5-3-4-9(11)13-10/h3-5,12H,2,6-8H2,1H3. The molecule has 1 heterocycles. The van der Waals surface area contributed by atoms with Crippen molar-refractivity contribution in [3.8, 4) is 5.88 Å². The van der Waals surface area contributed by atoms with Gasteiger partial charge in [0.15, 0.2) is 0 Å². The predicted octanol–water partition coefficient (Wildman–Crippen LogP) is 2.11. The van der Waals surface area contributed by atoms with Crippen LogP contribution in [0.4, 0.5) is 0 Å². The third kappa shape index (κ3) is 4.44. The van der Waals surface area contributed by atoms with Gasteiger partial charge in [-0.3, -0.25) is 0 Å². The van der Waals surface area contributed by atoms with Gasteiger partial charge in [-0.05, 0) is 19.0 Å². The summed E-state index contributed by atoms with van der Waals surface area (Å²) in [6.07, 6.45) is 1.13. The number of ether oxygens (including phenoxy) is 1. The summed E-state index contributed by atoms with van der Waals surface area (Å²) in [6.45, 7) is 4.61. The number of hydrogen-bond donors (Lipinski definition) is 1. The van der Waals surface area contributed by atoms with Crippen LogP contribution in [0.1, 0.15) is 13.3 Å². The Hall–Kier alpha value is -0.800. The first-order valence-electron chi connectivity index (χ1n) is 4.79. The van der Waals surface area contributed by atoms with Crippen molar-refractivity contribution in [2.75, 3.05) is 19.7 Å². The van der Waals surface area contributed by atoms with E-state index < -0.39 is 0 Å². The number of rotatable bonds is 6. The number of halogens is 1. The first-order chi connectivity index (χ1) is 6.83. The van der Waals surface area contributed by atoms with Gasteiger partial charge in [0.25, 0.3) is 0 Å². The highest BCUT2D eigenvalue weighted by Gasteiger charge is 1.95. The Morgan fingerprint density at radius 3 is 3.00 bits per heavy atom. The quantitative estimate of drug-likeness (QED) is 0.582. The fourth-order valence-corrected chi connectivity index (χ4v) is 1.16. The van der Waals surface area contributed by atoms with Crippen LogP contribution in [0.2, 0.25) is 5.15 Å². The van der Waals surface area contributed by atoms with Gasteiger partial charge in [-0.15, -0.1) is 0 Å². The zero-order chi connectivity index (χ0) is 10.2. The largest absolute Gasteiger partial charge is 0.476 e. The Kier molecular flexibility index (Phi) is 5.33. The molecule has 0 amide bonds. The second kappa shape index (κ2) is 6.62. The van der Waals surface area contributed by atoms with Crippen molar-refractivity contribution in [3.63, 3.8) is 0 Å². The van der Waals surface area contributed by atoms with E-state index in [-0.39, 0.29) is 0 Å². The smallest absolute Gasteiger partial charge is 0.214 e. The van der Waals surface area contributed by atoms with Gasteiger partial charge in [0.1, 0.15) is 11.8 Å². The van der Waals surface area contributed by atoms with Gasteiger partial charge in [-0.2, -0.15) is 0 Å². The Morgan fingerprint density at radius 2 is 2.29 bits per heavy atom. The molecule has 0 spiro atoms. The van der Waals surface area contributed by atoms with Gasteiger partial charge in [0.2, 0.25) is 5.88 Å². The maximum atomic E-state index is 5.70. The lowest BCUT2D eigenvalue weighted by Crippen LogP contribution is -2.21. The summed E-state index contributed by atoms with van der Waals surface area (Å²) >= 11 is 5.70. The third-order valence-corrected chi connectivity index (χ3v) is 1.86. The molecule has 4 heteroatoms. The van der Waals surface area contributed by atoms with E-state index in [1.165, 1.54) is 0 Å². The minimum Gasteiger partial charge on any atom is -0.476 e. The van der Waals surface area contributed by atoms with Crippen LogP contribution in [-0.2, 0) is 0 Å². The highest BCUT2D eigenvalue weighted by Crippen LogP contribution is 2.10. The fourth-order valence-electron chi connectivity index (χ4n) is 1.000. The lowest BCUT2D eigenvalue weighted by molar-refractivity contribution is 0.303. The molecule has 3 nitrogen and oxygen atoms in total. The van der Waals surface area contributed by atoms with E-state index in [4.69, 9.17) is 16.3 Å². The van der Waals surface area contributed by atoms with E-state index in [0.717, 1.165) is 19.5 Å². The van der Waals surface area contributed by atoms with Crippen LogP contribution in [0.15, 0.2) is 18.2 Å². The molecule has 0 aliphatic rings. The molecule has 0 unspecified atom stereocenters. The second-order valence-electron chi connectivity index (χ2n) is 2.90. The molecule has 1 aromatic rings. The second-order valence-corrected chi connectivity index (χ2v) is 3.28. The van der Waals surface area contributed by atoms with Gasteiger partial charge in [-0.1, -0.05) is 24.6 Å². The van der Waals surface area contributed by atoms with Crippen molar-refractivity contribution in [2.24, 2.45) is 0 Å². The van der Waals surface area contributed by atoms with Crippen LogP contribution < -0.4 is 10.1 Å². The molecule has 14 heavy (non-hydrogen) atoms. The summed E-state index contributed by atoms with van der Waals surface area (Å²) in [6, 6.07) is 5.35. The minimum atomic E-state index is 0.462. The number of nitrogens with one attached hydrogen (secondary N) is 1. The summed E-state index contributed by atoms with van der Waals surface area (Å²) in [7, 11) is 0. The van der Waals surface area contributed by atoms with E-state index in [2.05, 4.69) is 17.2 Å². The van der Waals surface area contributed by atoms with Crippen LogP contribution in [0, 0.1) is 0 Å². The van der Waals surface area contributed by atoms with Crippen molar-refractivity contribution in [2.45, 2.75) is 13.3 Å². The van der Waals surface area contributed by atoms with Crippen LogP contribution >= 0.6 is 11.6 Å². The SMILES string of the molecule is CCCNCCOc1cccc(Cl)n1. The Labute approximate surface area is 89.4 Å². The molecule has 0 fully saturated rings. The molecule has 0 aliphatic heterocycles. The molecule has 0 atom stereocenters. The van der Waals surface area contributed by atoms with Crippen molar-refractivity contribution >= 4 is 11.6 Å². The zero-order valence-corrected chi connectivity index (χ0v) is 9.05. The Balaban J connectivity index is 2.18. The van der Waals surface area contributed by atoms with E-state index >= 15 is 0 Å². The molecule has 0 saturated carbocycles. The van der Waals surface area contributed by atoms with Gasteiger partial charge < -0.3 is 10.1 Å². The maximum Gasteiger partial charge on any atom is 0.214 e. The predicted molar refractivity (Wildman–Crippen MR) is 57.9 cm³/mol. The molecule has 1 N–H and O–H groups in total. The number of aromatic nitrogens is 1. The van der Waals surface area contributed by atoms with Gasteiger partial charge >= 0.3 is 0 Å². The topological polar surface area (TPSA) is 34.1 Å². The van der Waals surface area contributed by atoms with E-state index in [9.17, 15) is 0 Å². The average Bonchev–Trinajstić information content (AvgIpc) is 2.18. The van der Waals surface area contributed by atoms with Crippen molar-refractivity contribution in [3.05, 3.63) is 23.4 Å². The van der Waals surface area contributed by atoms with Crippen molar-refractivity contribution < 1.29 is 4.74 Å². The normalized spacial score (nSPS) is 10.1. The molecule has 0 aliphatic carbocycles. The van der Waals surface area contributed by atoms with Gasteiger partial charge in [-0.25, -0.2) is 4.98 Å². The lowest BCUT2D eigenvalue weighted by atomic mass is 10.5. The first kappa shape index (κ1) is 11.3. The molecule has 1 aromatic heterocycles. The minimum absolute atomic E-state index is 0.462.